The zero-order valence-corrected chi connectivity index (χ0v) is 76.8. The molecular weight excluding hydrogens is 1700 g/mol. The van der Waals surface area contributed by atoms with Crippen molar-refractivity contribution < 1.29 is 112 Å². The van der Waals surface area contributed by atoms with Crippen LogP contribution < -0.4 is 62.2 Å². The van der Waals surface area contributed by atoms with Gasteiger partial charge >= 0.3 is 51.4 Å². The number of allylic oxidation sites excluding steroid dienone is 2. The first kappa shape index (κ1) is 89.9. The van der Waals surface area contributed by atoms with Gasteiger partial charge < -0.3 is 15.9 Å². The van der Waals surface area contributed by atoms with Crippen LogP contribution in [-0.2, 0) is 4.79 Å². The molecule has 0 unspecified atom stereocenters. The minimum absolute atomic E-state index is 0. The number of hydrogen-bond acceptors (Lipinski definition) is 16. The number of carbonyl (C=O) groups is 8. The average molecular weight is 1800 g/mol. The summed E-state index contributed by atoms with van der Waals surface area (Å²) in [6, 6.07) is 72.1. The Hall–Kier alpha value is -10.8. The van der Waals surface area contributed by atoms with Crippen LogP contribution in [0.3, 0.4) is 0 Å². The van der Waals surface area contributed by atoms with E-state index in [9.17, 15) is 43.5 Å². The normalized spacial score (nSPS) is 11.3. The minimum atomic E-state index is -2.17. The zero-order chi connectivity index (χ0) is 98.6. The molecule has 0 radical (unpaired) electrons. The van der Waals surface area contributed by atoms with Gasteiger partial charge in [-0.25, -0.2) is 4.98 Å². The summed E-state index contributed by atoms with van der Waals surface area (Å²) in [4.78, 5) is 104. The Kier molecular flexibility index (Phi) is 42.1. The van der Waals surface area contributed by atoms with E-state index in [1.165, 1.54) is 36.4 Å². The Morgan fingerprint density at radius 3 is 0.984 bits per heavy atom. The first-order chi connectivity index (χ1) is 62.2. The van der Waals surface area contributed by atoms with Crippen molar-refractivity contribution in [1.82, 2.24) is 24.9 Å². The summed E-state index contributed by atoms with van der Waals surface area (Å²) >= 11 is 34.8. The molecule has 0 aliphatic carbocycles. The van der Waals surface area contributed by atoms with Gasteiger partial charge in [-0.2, -0.15) is 0 Å². The van der Waals surface area contributed by atoms with Crippen molar-refractivity contribution in [2.75, 3.05) is 5.73 Å². The average Bonchev–Trinajstić information content (AvgIpc) is 0.793. The van der Waals surface area contributed by atoms with Gasteiger partial charge in [0, 0.05) is 129 Å². The summed E-state index contributed by atoms with van der Waals surface area (Å²) in [5.74, 6) is 0. The van der Waals surface area contributed by atoms with Gasteiger partial charge in [0.05, 0.1) is 44.4 Å². The molecule has 0 saturated heterocycles. The topological polar surface area (TPSA) is 270 Å². The van der Waals surface area contributed by atoms with Crippen molar-refractivity contribution in [2.24, 2.45) is 0 Å². The number of nitrogens with zero attached hydrogens (tertiary/aromatic N) is 5. The van der Waals surface area contributed by atoms with Crippen LogP contribution >= 0.6 is 69.6 Å². The van der Waals surface area contributed by atoms with Crippen molar-refractivity contribution in [2.45, 2.75) is 87.3 Å². The summed E-state index contributed by atoms with van der Waals surface area (Å²) in [5, 5.41) is 23.7. The van der Waals surface area contributed by atoms with Crippen LogP contribution in [-0.4, -0.2) is 92.9 Å². The van der Waals surface area contributed by atoms with E-state index < -0.39 is 49.1 Å². The maximum absolute atomic E-state index is 10.8. The van der Waals surface area contributed by atoms with Gasteiger partial charge in [-0.3, -0.25) is 58.3 Å². The smallest absolute Gasteiger partial charge is 0.850 e. The Bertz CT molecular complexity index is 6110. The number of aliphatic hydroxyl groups is 1. The van der Waals surface area contributed by atoms with Gasteiger partial charge in [-0.1, -0.05) is 242 Å². The number of benzene rings is 10. The van der Waals surface area contributed by atoms with Gasteiger partial charge in [0.15, 0.2) is 0 Å². The predicted molar refractivity (Wildman–Crippen MR) is 504 cm³/mol. The third-order valence-corrected chi connectivity index (χ3v) is 15.9. The van der Waals surface area contributed by atoms with E-state index in [0.717, 1.165) is 105 Å². The zero-order valence-electron chi connectivity index (χ0n) is 79.1. The number of anilines is 1. The molecule has 5 heterocycles. The Morgan fingerprint density at radius 2 is 0.683 bits per heavy atom. The number of nitrogens with two attached hydrogens (primary N) is 1. The molecule has 0 saturated carbocycles. The quantitative estimate of drug-likeness (QED) is 0.0557. The summed E-state index contributed by atoms with van der Waals surface area (Å²) in [6.07, 6.45) is 8.80. The molecule has 3 N–H and O–H groups in total. The van der Waals surface area contributed by atoms with E-state index in [4.69, 9.17) is 89.1 Å². The number of fused-ring (bicyclic) bond motifs is 5. The second kappa shape index (κ2) is 57.5. The Balaban J connectivity index is 0.000000380. The third-order valence-electron chi connectivity index (χ3n) is 14.5. The molecule has 5 aromatic heterocycles. The van der Waals surface area contributed by atoms with Crippen LogP contribution in [0.2, 0.25) is 30.1 Å². The number of aldehydes is 8. The van der Waals surface area contributed by atoms with Crippen molar-refractivity contribution in [3.8, 4) is 0 Å². The molecule has 0 atom stereocenters. The van der Waals surface area contributed by atoms with E-state index >= 15 is 0 Å². The number of aromatic nitrogens is 5. The maximum atomic E-state index is 10.8. The maximum Gasteiger partial charge on any atom is 1.00 e. The van der Waals surface area contributed by atoms with Crippen LogP contribution in [0, 0.1) is 27.6 Å². The standard InChI is InChI=1S/C18H12ClNO.4C10H8ClN.3C8H6O2.C6H6ClN.C4H10O.C4H9O.C4H6O.K/c19-16-7-5-15-6-9-17(20-18(15)11-16)8-4-13-2-1-3-14(10-13)12-21;4*1-7-2-3-8-4-5-9(11)6-10(8)12-7;3*9-5-7-2-1-3-8(4-7)6-10;7-5-2-1-3-6(8)4-5;2*1-4(2,3)5;1-2-3-4-5;/h1-12H;4*2-6H,1H3;3*1-6H;1-4H,8H2;5H,1-3H3;1-3H3;2-4H,1H3;/q;;;;;;;;;;-1;;+1/b8-4+;;;;;;;;;;;3-2+;/i;1D3;;;;1D,2D,3D,4D;5D,6D;;;5D;;;. The van der Waals surface area contributed by atoms with Gasteiger partial charge in [0.25, 0.3) is 0 Å². The second-order valence-corrected chi connectivity index (χ2v) is 29.9. The third kappa shape index (κ3) is 45.8. The Morgan fingerprint density at radius 1 is 0.390 bits per heavy atom. The molecule has 0 fully saturated rings. The molecule has 15 aromatic rings. The molecule has 0 bridgehead atoms. The van der Waals surface area contributed by atoms with E-state index in [0.29, 0.717) is 55.5 Å². The summed E-state index contributed by atoms with van der Waals surface area (Å²) in [6.45, 7) is 15.9. The monoisotopic (exact) mass is 1800 g/mol. The van der Waals surface area contributed by atoms with Crippen LogP contribution in [0.1, 0.15) is 167 Å². The summed E-state index contributed by atoms with van der Waals surface area (Å²) < 4.78 is 70.7. The van der Waals surface area contributed by atoms with Crippen LogP contribution in [0.5, 0.6) is 0 Å². The van der Waals surface area contributed by atoms with Gasteiger partial charge in [0.1, 0.15) is 53.0 Å². The number of aryl methyl sites for hydroxylation is 4. The van der Waals surface area contributed by atoms with E-state index in [1.54, 1.807) is 101 Å². The molecule has 16 nitrogen and oxygen atoms in total. The van der Waals surface area contributed by atoms with Gasteiger partial charge in [-0.15, -0.1) is 5.60 Å². The van der Waals surface area contributed by atoms with Crippen molar-refractivity contribution in [3.63, 3.8) is 0 Å². The molecule has 0 amide bonds. The number of hydrogen-bond donors (Lipinski definition) is 2. The first-order valence-corrected chi connectivity index (χ1v) is 39.0. The summed E-state index contributed by atoms with van der Waals surface area (Å²) in [7, 11) is 0. The second-order valence-electron chi connectivity index (χ2n) is 27.3. The molecule has 626 valence electrons. The SMILES string of the molecule is C/C=C/C=O.CC(C)(C)[O-].Cc1ccc2ccc(Cl)cc2n1.Cc1ccc2ccc(Cl)cc2n1.Cc1ccc2ccc(Cl)cc2n1.Nc1cccc(Cl)c1.O=Cc1cccc(/C=C/c2ccc3ccc(Cl)cc3n2)c1.O=Cc1cccc(C=O)c1.[2H]C(=O)c1cccc(C([2H])=O)c1.[2H]C([2H])([2H])c1ccc2ccc(Cl)cc2n1.[2H]OC(C)(C)C.[2H]c1c([2H])c(C=O)c([2H])c(C=O)c1[2H].[K+]. The fraction of sp³-hybridized carbons (Fsp3) is 0.130. The number of carbonyl (C=O) groups excluding carboxylic acids is 8. The van der Waals surface area contributed by atoms with Crippen molar-refractivity contribution >= 4 is 192 Å². The molecule has 0 spiro atoms. The first-order valence-electron chi connectivity index (χ1n) is 41.7. The minimum Gasteiger partial charge on any atom is -0.850 e. The molecule has 15 rings (SSSR count). The molecule has 0 aliphatic rings. The number of halogens is 6. The van der Waals surface area contributed by atoms with E-state index in [2.05, 4.69) is 30.0 Å². The predicted octanol–water partition coefficient (Wildman–Crippen LogP) is 22.2. The molecule has 0 aliphatic heterocycles. The number of rotatable bonds is 10. The molecule has 23 heteroatoms. The Labute approximate surface area is 804 Å². The van der Waals surface area contributed by atoms with Gasteiger partial charge in [0.2, 0.25) is 1.43 Å². The fourth-order valence-electron chi connectivity index (χ4n) is 9.21. The molecular formula is C100H93Cl6KN6O10. The molecule has 123 heavy (non-hydrogen) atoms. The number of nitrogen functional groups attached to an aromatic ring is 1. The van der Waals surface area contributed by atoms with E-state index in [1.807, 2.05) is 205 Å². The van der Waals surface area contributed by atoms with E-state index in [-0.39, 0.29) is 97.5 Å². The van der Waals surface area contributed by atoms with Crippen LogP contribution in [0.4, 0.5) is 5.69 Å². The fourth-order valence-corrected chi connectivity index (χ4v) is 10.2. The summed E-state index contributed by atoms with van der Waals surface area (Å²) in [5.41, 5.74) is 15.7. The van der Waals surface area contributed by atoms with Crippen molar-refractivity contribution in [1.29, 1.82) is 1.43 Å². The molecule has 10 aromatic carbocycles. The van der Waals surface area contributed by atoms with Gasteiger partial charge in [-0.05, 0) is 206 Å². The number of pyridine rings is 5. The van der Waals surface area contributed by atoms with Crippen molar-refractivity contribution in [3.05, 3.63) is 388 Å². The van der Waals surface area contributed by atoms with Crippen LogP contribution in [0.25, 0.3) is 66.7 Å². The largest absolute Gasteiger partial charge is 1.00 e. The van der Waals surface area contributed by atoms with Crippen LogP contribution in [0.15, 0.2) is 285 Å².